The first kappa shape index (κ1) is 10.5. The highest BCUT2D eigenvalue weighted by Gasteiger charge is 2.05. The van der Waals surface area contributed by atoms with Gasteiger partial charge in [0.2, 0.25) is 0 Å². The molecule has 0 bridgehead atoms. The number of rotatable bonds is 2. The van der Waals surface area contributed by atoms with E-state index < -0.39 is 0 Å². The molecule has 0 radical (unpaired) electrons. The molecule has 1 aromatic heterocycles. The highest BCUT2D eigenvalue weighted by atomic mass is 79.9. The molecule has 0 amide bonds. The van der Waals surface area contributed by atoms with Gasteiger partial charge in [-0.3, -0.25) is 4.79 Å². The van der Waals surface area contributed by atoms with E-state index in [9.17, 15) is 4.79 Å². The molecule has 66 valence electrons. The fraction of sp³-hybridized carbons (Fsp3) is 0.286. The van der Waals surface area contributed by atoms with Crippen molar-refractivity contribution in [2.45, 2.75) is 6.42 Å². The van der Waals surface area contributed by atoms with E-state index in [1.807, 2.05) is 6.07 Å². The lowest BCUT2D eigenvalue weighted by molar-refractivity contribution is 1.04. The summed E-state index contributed by atoms with van der Waals surface area (Å²) in [5.41, 5.74) is 0.773. The Balaban J connectivity index is 3.24. The van der Waals surface area contributed by atoms with Crippen LogP contribution in [0.1, 0.15) is 5.56 Å². The van der Waals surface area contributed by atoms with Crippen LogP contribution in [0, 0.1) is 0 Å². The van der Waals surface area contributed by atoms with Gasteiger partial charge >= 0.3 is 0 Å². The second kappa shape index (κ2) is 4.58. The van der Waals surface area contributed by atoms with Gasteiger partial charge in [-0.1, -0.05) is 31.9 Å². The van der Waals surface area contributed by atoms with E-state index in [2.05, 4.69) is 48.0 Å². The molecule has 0 aromatic carbocycles. The van der Waals surface area contributed by atoms with E-state index in [1.54, 1.807) is 6.20 Å². The van der Waals surface area contributed by atoms with Gasteiger partial charge in [0.25, 0.3) is 5.56 Å². The number of hydrogen-bond donors (Lipinski definition) is 0. The van der Waals surface area contributed by atoms with Crippen molar-refractivity contribution in [2.24, 2.45) is 0 Å². The third-order valence-electron chi connectivity index (χ3n) is 1.44. The summed E-state index contributed by atoms with van der Waals surface area (Å²) in [5, 5.41) is 0.790. The minimum absolute atomic E-state index is 0.0103. The van der Waals surface area contributed by atoms with Crippen LogP contribution in [0.3, 0.4) is 0 Å². The number of pyridine rings is 1. The van der Waals surface area contributed by atoms with Crippen molar-refractivity contribution in [2.75, 3.05) is 5.33 Å². The molecule has 0 saturated heterocycles. The third-order valence-corrected chi connectivity index (χ3v) is 3.13. The van der Waals surface area contributed by atoms with Crippen LogP contribution in [0.2, 0.25) is 0 Å². The second-order valence-electron chi connectivity index (χ2n) is 2.20. The fourth-order valence-electron chi connectivity index (χ4n) is 0.851. The third kappa shape index (κ3) is 2.20. The molecule has 0 unspecified atom stereocenters. The van der Waals surface area contributed by atoms with E-state index in [0.717, 1.165) is 21.8 Å². The van der Waals surface area contributed by atoms with Crippen LogP contribution in [0.25, 0.3) is 0 Å². The van der Waals surface area contributed by atoms with E-state index in [4.69, 9.17) is 0 Å². The highest BCUT2D eigenvalue weighted by Crippen LogP contribution is 2.13. The molecule has 12 heavy (non-hydrogen) atoms. The maximum atomic E-state index is 11.4. The van der Waals surface area contributed by atoms with Crippen LogP contribution < -0.4 is 5.56 Å². The van der Waals surface area contributed by atoms with Crippen molar-refractivity contribution in [3.63, 3.8) is 0 Å². The van der Waals surface area contributed by atoms with Gasteiger partial charge in [0.05, 0.1) is 16.1 Å². The summed E-state index contributed by atoms with van der Waals surface area (Å²) < 4.78 is 2.26. The van der Waals surface area contributed by atoms with Crippen molar-refractivity contribution < 1.29 is 0 Å². The SMILES string of the molecule is O=c1c(CCBr)c(Br)ccn1Br. The zero-order valence-electron chi connectivity index (χ0n) is 6.06. The van der Waals surface area contributed by atoms with E-state index >= 15 is 0 Å². The van der Waals surface area contributed by atoms with Crippen molar-refractivity contribution in [3.05, 3.63) is 32.7 Å². The summed E-state index contributed by atoms with van der Waals surface area (Å²) in [5.74, 6) is 0. The molecule has 0 fully saturated rings. The van der Waals surface area contributed by atoms with Gasteiger partial charge < -0.3 is 0 Å². The Hall–Kier alpha value is 0.390. The highest BCUT2D eigenvalue weighted by molar-refractivity contribution is 9.10. The minimum Gasteiger partial charge on any atom is -0.268 e. The van der Waals surface area contributed by atoms with Crippen LogP contribution in [0.15, 0.2) is 21.5 Å². The summed E-state index contributed by atoms with van der Waals surface area (Å²) in [6, 6.07) is 1.84. The molecule has 1 rings (SSSR count). The fourth-order valence-corrected chi connectivity index (χ4v) is 2.07. The first-order chi connectivity index (χ1) is 5.66. The van der Waals surface area contributed by atoms with E-state index in [-0.39, 0.29) is 5.56 Å². The number of aromatic nitrogens is 1. The van der Waals surface area contributed by atoms with E-state index in [0.29, 0.717) is 0 Å². The number of hydrogen-bond acceptors (Lipinski definition) is 1. The van der Waals surface area contributed by atoms with Gasteiger partial charge in [-0.25, -0.2) is 3.59 Å². The van der Waals surface area contributed by atoms with Crippen molar-refractivity contribution in [1.82, 2.24) is 3.59 Å². The van der Waals surface area contributed by atoms with Gasteiger partial charge in [0, 0.05) is 21.6 Å². The quantitative estimate of drug-likeness (QED) is 0.744. The smallest absolute Gasteiger partial charge is 0.264 e. The lowest BCUT2D eigenvalue weighted by atomic mass is 10.2. The average molecular weight is 360 g/mol. The van der Waals surface area contributed by atoms with Gasteiger partial charge in [-0.2, -0.15) is 0 Å². The molecule has 0 N–H and O–H groups in total. The second-order valence-corrected chi connectivity index (χ2v) is 4.61. The normalized spacial score (nSPS) is 10.2. The zero-order chi connectivity index (χ0) is 9.14. The average Bonchev–Trinajstić information content (AvgIpc) is 2.06. The van der Waals surface area contributed by atoms with Crippen molar-refractivity contribution in [1.29, 1.82) is 0 Å². The zero-order valence-corrected chi connectivity index (χ0v) is 10.8. The predicted octanol–water partition coefficient (Wildman–Crippen LogP) is 2.71. The molecule has 0 aliphatic carbocycles. The molecular weight excluding hydrogens is 354 g/mol. The molecule has 0 spiro atoms. The van der Waals surface area contributed by atoms with Gasteiger partial charge in [0.15, 0.2) is 0 Å². The standard InChI is InChI=1S/C7H6Br3NO/c8-3-1-5-6(9)2-4-11(10)7(5)12/h2,4H,1,3H2. The largest absolute Gasteiger partial charge is 0.268 e. The number of alkyl halides is 1. The molecule has 0 aliphatic rings. The first-order valence-electron chi connectivity index (χ1n) is 3.29. The topological polar surface area (TPSA) is 22.0 Å². The van der Waals surface area contributed by atoms with Crippen LogP contribution >= 0.6 is 48.0 Å². The molecule has 5 heteroatoms. The van der Waals surface area contributed by atoms with Gasteiger partial charge in [-0.05, 0) is 12.5 Å². The lowest BCUT2D eigenvalue weighted by Gasteiger charge is -2.01. The monoisotopic (exact) mass is 357 g/mol. The summed E-state index contributed by atoms with van der Waals surface area (Å²) in [6.07, 6.45) is 2.40. The van der Waals surface area contributed by atoms with E-state index in [1.165, 1.54) is 3.59 Å². The van der Waals surface area contributed by atoms with Crippen LogP contribution in [0.5, 0.6) is 0 Å². The Morgan fingerprint density at radius 2 is 2.17 bits per heavy atom. The first-order valence-corrected chi connectivity index (χ1v) is 5.91. The van der Waals surface area contributed by atoms with Crippen molar-refractivity contribution in [3.8, 4) is 0 Å². The van der Waals surface area contributed by atoms with Crippen molar-refractivity contribution >= 4 is 48.0 Å². The number of halogens is 3. The Labute approximate surface area is 95.6 Å². The molecule has 0 atom stereocenters. The Kier molecular flexibility index (Phi) is 3.99. The Morgan fingerprint density at radius 1 is 1.50 bits per heavy atom. The predicted molar refractivity (Wildman–Crippen MR) is 60.2 cm³/mol. The van der Waals surface area contributed by atoms with Gasteiger partial charge in [0.1, 0.15) is 0 Å². The van der Waals surface area contributed by atoms with Crippen LogP contribution in [0.4, 0.5) is 0 Å². The number of nitrogens with zero attached hydrogens (tertiary/aromatic N) is 1. The summed E-state index contributed by atoms with van der Waals surface area (Å²) >= 11 is 9.74. The Bertz CT molecular complexity index is 334. The summed E-state index contributed by atoms with van der Waals surface area (Å²) in [4.78, 5) is 11.4. The van der Waals surface area contributed by atoms with Gasteiger partial charge in [-0.15, -0.1) is 0 Å². The minimum atomic E-state index is -0.0103. The van der Waals surface area contributed by atoms with Crippen LogP contribution in [-0.2, 0) is 6.42 Å². The molecule has 1 aromatic rings. The molecular formula is C7H6Br3NO. The summed E-state index contributed by atoms with van der Waals surface area (Å²) in [6.45, 7) is 0. The maximum absolute atomic E-state index is 11.4. The maximum Gasteiger partial charge on any atom is 0.264 e. The lowest BCUT2D eigenvalue weighted by Crippen LogP contribution is -2.17. The molecule has 0 aliphatic heterocycles. The molecule has 1 heterocycles. The molecule has 0 saturated carbocycles. The molecule has 2 nitrogen and oxygen atoms in total. The Morgan fingerprint density at radius 3 is 2.75 bits per heavy atom. The summed E-state index contributed by atoms with van der Waals surface area (Å²) in [7, 11) is 0. The van der Waals surface area contributed by atoms with Crippen LogP contribution in [-0.4, -0.2) is 8.92 Å².